The summed E-state index contributed by atoms with van der Waals surface area (Å²) in [6, 6.07) is 0. The van der Waals surface area contributed by atoms with Gasteiger partial charge in [0.1, 0.15) is 0 Å². The topological polar surface area (TPSA) is 18.5 Å². The van der Waals surface area contributed by atoms with Gasteiger partial charge in [-0.15, -0.1) is 0 Å². The van der Waals surface area contributed by atoms with Gasteiger partial charge in [-0.05, 0) is 57.8 Å². The molecule has 126 valence electrons. The highest BCUT2D eigenvalue weighted by atomic mass is 15.2. The molecule has 0 saturated heterocycles. The highest BCUT2D eigenvalue weighted by Crippen LogP contribution is 2.39. The van der Waals surface area contributed by atoms with Crippen molar-refractivity contribution in [1.29, 1.82) is 0 Å². The van der Waals surface area contributed by atoms with Crippen molar-refractivity contribution in [2.45, 2.75) is 52.9 Å². The smallest absolute Gasteiger partial charge is 0.0109 e. The van der Waals surface area contributed by atoms with Crippen molar-refractivity contribution < 1.29 is 0 Å². The number of nitrogens with zero attached hydrogens (tertiary/aromatic N) is 2. The van der Waals surface area contributed by atoms with Crippen molar-refractivity contribution in [2.24, 2.45) is 11.3 Å². The Hall–Kier alpha value is -0.120. The number of rotatable bonds is 10. The minimum absolute atomic E-state index is 0.518. The molecule has 1 rings (SSSR count). The number of nitrogens with one attached hydrogen (secondary N) is 1. The van der Waals surface area contributed by atoms with E-state index in [0.29, 0.717) is 5.41 Å². The second-order valence-electron chi connectivity index (χ2n) is 7.54. The van der Waals surface area contributed by atoms with E-state index in [0.717, 1.165) is 12.5 Å². The Morgan fingerprint density at radius 3 is 2.24 bits per heavy atom. The van der Waals surface area contributed by atoms with Crippen molar-refractivity contribution in [1.82, 2.24) is 15.1 Å². The van der Waals surface area contributed by atoms with Crippen LogP contribution < -0.4 is 5.32 Å². The zero-order chi connectivity index (χ0) is 15.7. The third kappa shape index (κ3) is 7.12. The van der Waals surface area contributed by atoms with Gasteiger partial charge in [0.05, 0.1) is 0 Å². The molecule has 0 bridgehead atoms. The monoisotopic (exact) mass is 297 g/mol. The maximum atomic E-state index is 3.65. The fourth-order valence-corrected chi connectivity index (χ4v) is 3.56. The van der Waals surface area contributed by atoms with Crippen LogP contribution in [0.2, 0.25) is 0 Å². The minimum Gasteiger partial charge on any atom is -0.316 e. The maximum Gasteiger partial charge on any atom is 0.0109 e. The largest absolute Gasteiger partial charge is 0.316 e. The molecule has 0 radical (unpaired) electrons. The van der Waals surface area contributed by atoms with E-state index in [2.05, 4.69) is 50.0 Å². The zero-order valence-electron chi connectivity index (χ0n) is 15.2. The molecule has 3 nitrogen and oxygen atoms in total. The third-order valence-corrected chi connectivity index (χ3v) is 5.05. The Bertz CT molecular complexity index is 252. The van der Waals surface area contributed by atoms with Crippen LogP contribution in [-0.4, -0.2) is 63.2 Å². The molecular formula is C18H39N3. The summed E-state index contributed by atoms with van der Waals surface area (Å²) in [6.45, 7) is 14.2. The van der Waals surface area contributed by atoms with Crippen molar-refractivity contribution in [3.8, 4) is 0 Å². The molecule has 21 heavy (non-hydrogen) atoms. The molecule has 0 aromatic rings. The Balaban J connectivity index is 2.62. The quantitative estimate of drug-likeness (QED) is 0.668. The predicted molar refractivity (Wildman–Crippen MR) is 93.9 cm³/mol. The van der Waals surface area contributed by atoms with E-state index in [1.165, 1.54) is 64.8 Å². The molecule has 0 heterocycles. The molecule has 1 N–H and O–H groups in total. The van der Waals surface area contributed by atoms with E-state index in [1.54, 1.807) is 0 Å². The zero-order valence-corrected chi connectivity index (χ0v) is 15.2. The summed E-state index contributed by atoms with van der Waals surface area (Å²) >= 11 is 0. The van der Waals surface area contributed by atoms with Gasteiger partial charge in [-0.2, -0.15) is 0 Å². The van der Waals surface area contributed by atoms with Crippen LogP contribution in [0.15, 0.2) is 0 Å². The van der Waals surface area contributed by atoms with Crippen LogP contribution in [0.1, 0.15) is 52.9 Å². The van der Waals surface area contributed by atoms with E-state index >= 15 is 0 Å². The van der Waals surface area contributed by atoms with Gasteiger partial charge in [-0.3, -0.25) is 0 Å². The van der Waals surface area contributed by atoms with Crippen LogP contribution in [0, 0.1) is 11.3 Å². The maximum absolute atomic E-state index is 3.65. The van der Waals surface area contributed by atoms with Crippen LogP contribution in [0.4, 0.5) is 0 Å². The van der Waals surface area contributed by atoms with Gasteiger partial charge in [-0.1, -0.05) is 33.6 Å². The Morgan fingerprint density at radius 1 is 1.05 bits per heavy atom. The summed E-state index contributed by atoms with van der Waals surface area (Å²) < 4.78 is 0. The van der Waals surface area contributed by atoms with Crippen molar-refractivity contribution >= 4 is 0 Å². The molecular weight excluding hydrogens is 258 g/mol. The van der Waals surface area contributed by atoms with E-state index in [4.69, 9.17) is 0 Å². The van der Waals surface area contributed by atoms with Crippen molar-refractivity contribution in [3.63, 3.8) is 0 Å². The molecule has 0 aromatic carbocycles. The lowest BCUT2D eigenvalue weighted by atomic mass is 9.70. The molecule has 1 aliphatic rings. The molecule has 3 heteroatoms. The van der Waals surface area contributed by atoms with Gasteiger partial charge in [0.2, 0.25) is 0 Å². The molecule has 0 aromatic heterocycles. The molecule has 0 spiro atoms. The van der Waals surface area contributed by atoms with Gasteiger partial charge in [0, 0.05) is 26.2 Å². The van der Waals surface area contributed by atoms with E-state index in [-0.39, 0.29) is 0 Å². The molecule has 0 aliphatic heterocycles. The van der Waals surface area contributed by atoms with Crippen LogP contribution in [0.25, 0.3) is 0 Å². The summed E-state index contributed by atoms with van der Waals surface area (Å²) in [5, 5.41) is 3.65. The highest BCUT2D eigenvalue weighted by Gasteiger charge is 2.35. The highest BCUT2D eigenvalue weighted by molar-refractivity contribution is 4.89. The van der Waals surface area contributed by atoms with Crippen LogP contribution >= 0.6 is 0 Å². The fourth-order valence-electron chi connectivity index (χ4n) is 3.56. The second-order valence-corrected chi connectivity index (χ2v) is 7.54. The SMILES string of the molecule is CCCN(CCN(C)C)CC1(CNCC)CCC(C)CC1. The molecule has 1 aliphatic carbocycles. The number of hydrogen-bond donors (Lipinski definition) is 1. The third-order valence-electron chi connectivity index (χ3n) is 5.05. The summed E-state index contributed by atoms with van der Waals surface area (Å²) in [6.07, 6.45) is 6.91. The van der Waals surface area contributed by atoms with E-state index in [1.807, 2.05) is 0 Å². The molecule has 0 amide bonds. The lowest BCUT2D eigenvalue weighted by Gasteiger charge is -2.43. The molecule has 1 fully saturated rings. The number of hydrogen-bond acceptors (Lipinski definition) is 3. The van der Waals surface area contributed by atoms with Crippen LogP contribution in [0.3, 0.4) is 0 Å². The summed E-state index contributed by atoms with van der Waals surface area (Å²) in [7, 11) is 4.36. The van der Waals surface area contributed by atoms with Gasteiger partial charge in [0.15, 0.2) is 0 Å². The minimum atomic E-state index is 0.518. The Morgan fingerprint density at radius 2 is 1.71 bits per heavy atom. The molecule has 1 saturated carbocycles. The first-order valence-corrected chi connectivity index (χ1v) is 9.09. The first kappa shape index (κ1) is 18.9. The Kier molecular flexibility index (Phi) is 8.84. The summed E-state index contributed by atoms with van der Waals surface area (Å²) in [4.78, 5) is 5.02. The summed E-state index contributed by atoms with van der Waals surface area (Å²) in [5.41, 5.74) is 0.518. The van der Waals surface area contributed by atoms with E-state index in [9.17, 15) is 0 Å². The molecule has 0 atom stereocenters. The van der Waals surface area contributed by atoms with Gasteiger partial charge >= 0.3 is 0 Å². The average Bonchev–Trinajstić information content (AvgIpc) is 2.46. The van der Waals surface area contributed by atoms with Gasteiger partial charge < -0.3 is 15.1 Å². The molecule has 0 unspecified atom stereocenters. The first-order chi connectivity index (χ1) is 10.0. The van der Waals surface area contributed by atoms with Gasteiger partial charge in [0.25, 0.3) is 0 Å². The average molecular weight is 298 g/mol. The normalized spacial score (nSPS) is 26.7. The lowest BCUT2D eigenvalue weighted by Crippen LogP contribution is -2.47. The van der Waals surface area contributed by atoms with Crippen LogP contribution in [-0.2, 0) is 0 Å². The fraction of sp³-hybridized carbons (Fsp3) is 1.00. The predicted octanol–water partition coefficient (Wildman–Crippen LogP) is 3.07. The van der Waals surface area contributed by atoms with Crippen molar-refractivity contribution in [3.05, 3.63) is 0 Å². The van der Waals surface area contributed by atoms with E-state index < -0.39 is 0 Å². The van der Waals surface area contributed by atoms with Crippen molar-refractivity contribution in [2.75, 3.05) is 53.4 Å². The summed E-state index contributed by atoms with van der Waals surface area (Å²) in [5.74, 6) is 0.932. The second kappa shape index (κ2) is 9.81. The first-order valence-electron chi connectivity index (χ1n) is 9.09. The van der Waals surface area contributed by atoms with Crippen LogP contribution in [0.5, 0.6) is 0 Å². The number of likely N-dealkylation sites (N-methyl/N-ethyl adjacent to an activating group) is 1. The lowest BCUT2D eigenvalue weighted by molar-refractivity contribution is 0.0830. The Labute approximate surface area is 133 Å². The van der Waals surface area contributed by atoms with Gasteiger partial charge in [-0.25, -0.2) is 0 Å². The standard InChI is InChI=1S/C18H39N3/c1-6-12-21(14-13-20(4)5)16-18(15-19-7-2)10-8-17(3)9-11-18/h17,19H,6-16H2,1-5H3.